The van der Waals surface area contributed by atoms with Gasteiger partial charge in [0.2, 0.25) is 35.4 Å². The van der Waals surface area contributed by atoms with Crippen molar-refractivity contribution >= 4 is 124 Å². The highest BCUT2D eigenvalue weighted by atomic mass is 79.9. The monoisotopic (exact) mass is 1460 g/mol. The number of nitrogens with zero attached hydrogens (tertiary/aromatic N) is 1. The van der Waals surface area contributed by atoms with Crippen LogP contribution in [0.25, 0.3) is 11.1 Å². The molecule has 6 aromatic rings. The third-order valence-electron chi connectivity index (χ3n) is 15.7. The molecule has 4 bridgehead atoms. The first-order valence-corrected chi connectivity index (χ1v) is 34.6. The van der Waals surface area contributed by atoms with E-state index in [-0.39, 0.29) is 79.2 Å². The first kappa shape index (κ1) is 73.7. The predicted octanol–water partition coefficient (Wildman–Crippen LogP) is 11.9. The van der Waals surface area contributed by atoms with Gasteiger partial charge in [0.25, 0.3) is 0 Å². The number of esters is 1. The summed E-state index contributed by atoms with van der Waals surface area (Å²) in [6, 6.07) is 14.8. The van der Waals surface area contributed by atoms with E-state index in [1.54, 1.807) is 45.0 Å². The van der Waals surface area contributed by atoms with Gasteiger partial charge < -0.3 is 71.4 Å². The molecule has 0 spiro atoms. The largest absolute Gasteiger partial charge is 0.508 e. The lowest BCUT2D eigenvalue weighted by molar-refractivity contribution is -0.147. The van der Waals surface area contributed by atoms with Crippen LogP contribution in [0.2, 0.25) is 38.2 Å². The summed E-state index contributed by atoms with van der Waals surface area (Å²) < 4.78 is 17.5. The fourth-order valence-electron chi connectivity index (χ4n) is 10.3. The van der Waals surface area contributed by atoms with Crippen molar-refractivity contribution in [1.82, 2.24) is 31.5 Å². The van der Waals surface area contributed by atoms with Gasteiger partial charge in [-0.15, -0.1) is 11.5 Å². The molecule has 2 heterocycles. The number of nitrogens with one attached hydrogen (secondary N) is 6. The maximum absolute atomic E-state index is 16.0. The van der Waals surface area contributed by atoms with E-state index in [4.69, 9.17) is 60.6 Å². The predicted molar refractivity (Wildman–Crippen MR) is 365 cm³/mol. The Kier molecular flexibility index (Phi) is 24.6. The summed E-state index contributed by atoms with van der Waals surface area (Å²) in [7, 11) is 0.175. The Labute approximate surface area is 577 Å². The Morgan fingerprint density at radius 3 is 1.92 bits per heavy atom. The second-order valence-corrected chi connectivity index (χ2v) is 30.7. The standard InChI is InChI=1S/C67H70BrCl4N7O15Si/c1-10-95(11-2,12-3)25-13-14-49(74-66(91)94-67(5,6)7)60(85)75-54(39-28-45(69)58(83)46(70)29-39)62(87)76-53-38-27-43(37-19-24-44(68)50(32-37)73-34(4)80)57(82)52(33-38)93-42-22-15-35(16-23-42)26-51(61(86)78-56(65(90)92-9)36-17-20-41(81)21-18-36)79(8)64(89)55(77-63(53)88)40-30-47(71)59(84)48(72)31-40/h15-24,27-33,49,51,53-56,81-84H,10-12,14,26H2,1-9H3,(H,73,80)(H,74,91)(H,75,85)(H,76,87)(H,77,88)(H,78,86)/t49-,51+,53-,54-,55-,56-/m1/s1. The number of ether oxygens (including phenoxy) is 3. The van der Waals surface area contributed by atoms with Crippen LogP contribution in [0.5, 0.6) is 34.5 Å². The molecule has 0 unspecified atom stereocenters. The molecule has 2 aliphatic rings. The summed E-state index contributed by atoms with van der Waals surface area (Å²) in [5, 5.41) is 58.6. The zero-order valence-electron chi connectivity index (χ0n) is 52.9. The van der Waals surface area contributed by atoms with Gasteiger partial charge >= 0.3 is 12.1 Å². The van der Waals surface area contributed by atoms with Crippen LogP contribution >= 0.6 is 62.3 Å². The number of carbonyl (C=O) groups is 8. The molecule has 6 aromatic carbocycles. The number of carbonyl (C=O) groups excluding carboxylic acids is 8. The molecular formula is C67H70BrCl4N7O15Si. The van der Waals surface area contributed by atoms with Crippen LogP contribution in [0.4, 0.5) is 10.5 Å². The van der Waals surface area contributed by atoms with Crippen LogP contribution in [0.3, 0.4) is 0 Å². The smallest absolute Gasteiger partial charge is 0.408 e. The second-order valence-electron chi connectivity index (χ2n) is 23.3. The van der Waals surface area contributed by atoms with Gasteiger partial charge in [-0.25, -0.2) is 9.59 Å². The molecule has 0 aliphatic carbocycles. The number of alkyl carbamates (subject to hydrolysis) is 1. The summed E-state index contributed by atoms with van der Waals surface area (Å²) in [6.45, 7) is 12.2. The first-order chi connectivity index (χ1) is 44.8. The van der Waals surface area contributed by atoms with Gasteiger partial charge in [-0.3, -0.25) is 28.8 Å². The molecule has 22 nitrogen and oxygen atoms in total. The highest BCUT2D eigenvalue weighted by molar-refractivity contribution is 9.10. The van der Waals surface area contributed by atoms with Gasteiger partial charge in [0.1, 0.15) is 55.4 Å². The minimum Gasteiger partial charge on any atom is -0.508 e. The number of benzene rings is 6. The number of anilines is 1. The van der Waals surface area contributed by atoms with Gasteiger partial charge in [-0.2, -0.15) is 0 Å². The molecule has 0 radical (unpaired) electrons. The van der Waals surface area contributed by atoms with Crippen molar-refractivity contribution in [2.45, 2.75) is 121 Å². The summed E-state index contributed by atoms with van der Waals surface area (Å²) in [6.07, 6.45) is -1.58. The van der Waals surface area contributed by atoms with E-state index in [2.05, 4.69) is 59.3 Å². The molecule has 0 saturated heterocycles. The molecule has 0 saturated carbocycles. The minimum atomic E-state index is -2.16. The van der Waals surface area contributed by atoms with Crippen molar-refractivity contribution in [3.8, 4) is 57.1 Å². The van der Waals surface area contributed by atoms with Crippen molar-refractivity contribution in [3.05, 3.63) is 156 Å². The number of rotatable bonds is 17. The Balaban J connectivity index is 1.47. The Hall–Kier alpha value is -8.70. The molecule has 7 amide bonds. The zero-order chi connectivity index (χ0) is 70.0. The normalized spacial score (nSPS) is 15.9. The number of phenols is 4. The van der Waals surface area contributed by atoms with Gasteiger partial charge in [0, 0.05) is 36.8 Å². The molecule has 95 heavy (non-hydrogen) atoms. The van der Waals surface area contributed by atoms with E-state index in [9.17, 15) is 44.4 Å². The van der Waals surface area contributed by atoms with Crippen molar-refractivity contribution in [1.29, 1.82) is 0 Å². The minimum absolute atomic E-state index is 0.0577. The molecule has 8 rings (SSSR count). The lowest BCUT2D eigenvalue weighted by Gasteiger charge is -2.33. The van der Waals surface area contributed by atoms with Crippen LogP contribution in [-0.4, -0.2) is 113 Å². The molecule has 0 fully saturated rings. The average molecular weight is 1460 g/mol. The van der Waals surface area contributed by atoms with Gasteiger partial charge in [0.05, 0.1) is 32.9 Å². The third kappa shape index (κ3) is 18.4. The fraction of sp³-hybridized carbons (Fsp3) is 0.313. The Morgan fingerprint density at radius 2 is 1.35 bits per heavy atom. The Morgan fingerprint density at radius 1 is 0.747 bits per heavy atom. The summed E-state index contributed by atoms with van der Waals surface area (Å²) in [5.74, 6) is -5.86. The summed E-state index contributed by atoms with van der Waals surface area (Å²) in [4.78, 5) is 118. The van der Waals surface area contributed by atoms with E-state index >= 15 is 14.4 Å². The number of aromatic hydroxyl groups is 4. The lowest BCUT2D eigenvalue weighted by Crippen LogP contribution is -2.54. The van der Waals surface area contributed by atoms with E-state index in [1.165, 1.54) is 68.6 Å². The van der Waals surface area contributed by atoms with Crippen LogP contribution < -0.4 is 36.6 Å². The Bertz CT molecular complexity index is 3960. The number of hydrogen-bond acceptors (Lipinski definition) is 15. The molecule has 6 atom stereocenters. The van der Waals surface area contributed by atoms with Crippen LogP contribution in [0.1, 0.15) is 107 Å². The number of likely N-dealkylation sites (N-methyl/N-ethyl adjacent to an activating group) is 1. The van der Waals surface area contributed by atoms with Gasteiger partial charge in [-0.05, 0) is 161 Å². The number of hydrogen-bond donors (Lipinski definition) is 10. The van der Waals surface area contributed by atoms with E-state index in [0.717, 1.165) is 54.4 Å². The van der Waals surface area contributed by atoms with Crippen molar-refractivity contribution in [2.24, 2.45) is 0 Å². The van der Waals surface area contributed by atoms with Crippen LogP contribution in [0, 0.1) is 11.5 Å². The van der Waals surface area contributed by atoms with Crippen molar-refractivity contribution < 1.29 is 73.0 Å². The number of halogens is 5. The number of phenolic OH excluding ortho intramolecular Hbond substituents is 4. The van der Waals surface area contributed by atoms with Gasteiger partial charge in [-0.1, -0.05) is 97.5 Å². The fourth-order valence-corrected chi connectivity index (χ4v) is 14.1. The highest BCUT2D eigenvalue weighted by Crippen LogP contribution is 2.45. The SMILES string of the molecule is CC[Si](C#CC[C@@H](NC(=O)OC(C)(C)C)C(=O)N[C@@H](C(=O)N[C@H]1C(=O)N[C@H](c2cc(Cl)c(O)c(Cl)c2)C(=O)N(C)[C@H](C(=O)N[C@@H](C(=O)OC)c2ccc(O)cc2)Cc2ccc(cc2)Oc2cc1cc(-c1ccc(Br)c(NC(C)=O)c1)c2O)c1cc(Cl)c(O)c(Cl)c1)(CC)CC. The molecule has 10 N–H and O–H groups in total. The number of fused-ring (bicyclic) bond motifs is 9. The van der Waals surface area contributed by atoms with E-state index in [0.29, 0.717) is 10.0 Å². The van der Waals surface area contributed by atoms with Crippen molar-refractivity contribution in [2.75, 3.05) is 19.5 Å². The molecule has 28 heteroatoms. The highest BCUT2D eigenvalue weighted by Gasteiger charge is 2.40. The van der Waals surface area contributed by atoms with E-state index < -0.39 is 125 Å². The van der Waals surface area contributed by atoms with Gasteiger partial charge in [0.15, 0.2) is 29.0 Å². The molecular weight excluding hydrogens is 1390 g/mol. The maximum Gasteiger partial charge on any atom is 0.408 e. The second kappa shape index (κ2) is 31.7. The first-order valence-electron chi connectivity index (χ1n) is 29.7. The zero-order valence-corrected chi connectivity index (χ0v) is 58.5. The van der Waals surface area contributed by atoms with Crippen molar-refractivity contribution in [3.63, 3.8) is 0 Å². The topological polar surface area (TPSA) is 321 Å². The number of amides is 7. The molecule has 0 aromatic heterocycles. The number of methoxy groups -OCH3 is 1. The van der Waals surface area contributed by atoms with Crippen LogP contribution in [-0.2, 0) is 49.5 Å². The molecule has 502 valence electrons. The van der Waals surface area contributed by atoms with Crippen LogP contribution in [0.15, 0.2) is 108 Å². The lowest BCUT2D eigenvalue weighted by atomic mass is 9.95. The maximum atomic E-state index is 16.0. The molecule has 2 aliphatic heterocycles. The third-order valence-corrected chi connectivity index (χ3v) is 22.4. The summed E-state index contributed by atoms with van der Waals surface area (Å²) in [5.41, 5.74) is 2.80. The average Bonchev–Trinajstić information content (AvgIpc) is 0.787. The van der Waals surface area contributed by atoms with E-state index in [1.807, 2.05) is 20.8 Å². The quantitative estimate of drug-likeness (QED) is 0.0231. The summed E-state index contributed by atoms with van der Waals surface area (Å²) >= 11 is 29.6.